The molecule has 0 bridgehead atoms. The van der Waals surface area contributed by atoms with E-state index in [1.165, 1.54) is 16.9 Å². The predicted molar refractivity (Wildman–Crippen MR) is 83.0 cm³/mol. The summed E-state index contributed by atoms with van der Waals surface area (Å²) in [6, 6.07) is 12.5. The highest BCUT2D eigenvalue weighted by Gasteiger charge is 2.10. The summed E-state index contributed by atoms with van der Waals surface area (Å²) >= 11 is 1.52. The molecule has 0 saturated carbocycles. The van der Waals surface area contributed by atoms with Gasteiger partial charge >= 0.3 is 0 Å². The molecule has 4 heteroatoms. The van der Waals surface area contributed by atoms with Crippen molar-refractivity contribution in [2.24, 2.45) is 0 Å². The van der Waals surface area contributed by atoms with Gasteiger partial charge in [0.1, 0.15) is 16.7 Å². The van der Waals surface area contributed by atoms with E-state index in [1.807, 2.05) is 18.2 Å². The van der Waals surface area contributed by atoms with Gasteiger partial charge in [0.15, 0.2) is 0 Å². The third kappa shape index (κ3) is 3.38. The number of nitriles is 1. The Morgan fingerprint density at radius 1 is 1.30 bits per heavy atom. The summed E-state index contributed by atoms with van der Waals surface area (Å²) in [4.78, 5) is 1.85. The standard InChI is InChI=1S/C16H18N2OS/c1-11(2)18-10-12-8-13(19-3)4-6-15(12)16-7-5-14(9-17)20-16/h4-8,11,18H,10H2,1-3H3. The van der Waals surface area contributed by atoms with Gasteiger partial charge in [-0.3, -0.25) is 0 Å². The van der Waals surface area contributed by atoms with E-state index < -0.39 is 0 Å². The fraction of sp³-hybridized carbons (Fsp3) is 0.312. The molecule has 0 aliphatic rings. The van der Waals surface area contributed by atoms with Gasteiger partial charge in [0.05, 0.1) is 7.11 Å². The Morgan fingerprint density at radius 3 is 2.70 bits per heavy atom. The summed E-state index contributed by atoms with van der Waals surface area (Å²) in [7, 11) is 1.67. The van der Waals surface area contributed by atoms with Crippen LogP contribution in [0, 0.1) is 11.3 Å². The van der Waals surface area contributed by atoms with Crippen molar-refractivity contribution in [1.82, 2.24) is 5.32 Å². The maximum absolute atomic E-state index is 8.95. The van der Waals surface area contributed by atoms with Crippen molar-refractivity contribution in [3.8, 4) is 22.3 Å². The summed E-state index contributed by atoms with van der Waals surface area (Å²) in [5, 5.41) is 12.4. The van der Waals surface area contributed by atoms with E-state index in [4.69, 9.17) is 10.00 Å². The quantitative estimate of drug-likeness (QED) is 0.909. The minimum absolute atomic E-state index is 0.423. The number of hydrogen-bond donors (Lipinski definition) is 1. The number of nitrogens with one attached hydrogen (secondary N) is 1. The zero-order chi connectivity index (χ0) is 14.5. The summed E-state index contributed by atoms with van der Waals surface area (Å²) in [5.41, 5.74) is 2.34. The van der Waals surface area contributed by atoms with E-state index in [1.54, 1.807) is 7.11 Å². The SMILES string of the molecule is COc1ccc(-c2ccc(C#N)s2)c(CNC(C)C)c1. The molecule has 0 radical (unpaired) electrons. The third-order valence-electron chi connectivity index (χ3n) is 2.99. The van der Waals surface area contributed by atoms with Gasteiger partial charge < -0.3 is 10.1 Å². The van der Waals surface area contributed by atoms with E-state index in [0.717, 1.165) is 27.6 Å². The first kappa shape index (κ1) is 14.6. The fourth-order valence-electron chi connectivity index (χ4n) is 1.94. The number of benzene rings is 1. The molecule has 104 valence electrons. The summed E-state index contributed by atoms with van der Waals surface area (Å²) in [6.45, 7) is 5.03. The molecule has 1 heterocycles. The molecule has 0 atom stereocenters. The van der Waals surface area contributed by atoms with Crippen molar-refractivity contribution in [3.63, 3.8) is 0 Å². The molecule has 0 unspecified atom stereocenters. The van der Waals surface area contributed by atoms with Crippen LogP contribution in [0.2, 0.25) is 0 Å². The van der Waals surface area contributed by atoms with Crippen LogP contribution >= 0.6 is 11.3 Å². The van der Waals surface area contributed by atoms with Gasteiger partial charge in [0, 0.05) is 17.5 Å². The van der Waals surface area contributed by atoms with Gasteiger partial charge in [-0.05, 0) is 41.5 Å². The average molecular weight is 286 g/mol. The van der Waals surface area contributed by atoms with E-state index >= 15 is 0 Å². The first-order valence-electron chi connectivity index (χ1n) is 6.54. The molecular formula is C16H18N2OS. The number of ether oxygens (including phenoxy) is 1. The van der Waals surface area contributed by atoms with Crippen molar-refractivity contribution >= 4 is 11.3 Å². The molecule has 1 aromatic heterocycles. The van der Waals surface area contributed by atoms with Crippen LogP contribution in [0.3, 0.4) is 0 Å². The van der Waals surface area contributed by atoms with Crippen LogP contribution < -0.4 is 10.1 Å². The van der Waals surface area contributed by atoms with Crippen LogP contribution in [0.25, 0.3) is 10.4 Å². The Balaban J connectivity index is 2.37. The Bertz CT molecular complexity index is 626. The van der Waals surface area contributed by atoms with Crippen LogP contribution in [-0.4, -0.2) is 13.2 Å². The fourth-order valence-corrected chi connectivity index (χ4v) is 2.80. The van der Waals surface area contributed by atoms with Crippen LogP contribution in [0.5, 0.6) is 5.75 Å². The molecular weight excluding hydrogens is 268 g/mol. The van der Waals surface area contributed by atoms with Gasteiger partial charge in [-0.1, -0.05) is 13.8 Å². The first-order valence-corrected chi connectivity index (χ1v) is 7.36. The van der Waals surface area contributed by atoms with Gasteiger partial charge in [0.25, 0.3) is 0 Å². The Labute approximate surface area is 123 Å². The van der Waals surface area contributed by atoms with Crippen LogP contribution in [0.15, 0.2) is 30.3 Å². The maximum Gasteiger partial charge on any atom is 0.119 e. The number of methoxy groups -OCH3 is 1. The first-order chi connectivity index (χ1) is 9.63. The summed E-state index contributed by atoms with van der Waals surface area (Å²) in [5.74, 6) is 0.853. The zero-order valence-electron chi connectivity index (χ0n) is 11.9. The monoisotopic (exact) mass is 286 g/mol. The van der Waals surface area contributed by atoms with E-state index in [2.05, 4.69) is 37.4 Å². The van der Waals surface area contributed by atoms with Crippen molar-refractivity contribution < 1.29 is 4.74 Å². The second-order valence-corrected chi connectivity index (χ2v) is 5.92. The van der Waals surface area contributed by atoms with E-state index in [9.17, 15) is 0 Å². The molecule has 2 aromatic rings. The zero-order valence-corrected chi connectivity index (χ0v) is 12.8. The van der Waals surface area contributed by atoms with Gasteiger partial charge in [-0.2, -0.15) is 5.26 Å². The number of hydrogen-bond acceptors (Lipinski definition) is 4. The molecule has 3 nitrogen and oxygen atoms in total. The van der Waals surface area contributed by atoms with Crippen molar-refractivity contribution in [2.45, 2.75) is 26.4 Å². The Kier molecular flexibility index (Phi) is 4.78. The normalized spacial score (nSPS) is 10.6. The highest BCUT2D eigenvalue weighted by atomic mass is 32.1. The van der Waals surface area contributed by atoms with Gasteiger partial charge in [0.2, 0.25) is 0 Å². The molecule has 20 heavy (non-hydrogen) atoms. The van der Waals surface area contributed by atoms with Gasteiger partial charge in [-0.25, -0.2) is 0 Å². The van der Waals surface area contributed by atoms with E-state index in [0.29, 0.717) is 6.04 Å². The molecule has 0 fully saturated rings. The van der Waals surface area contributed by atoms with Crippen molar-refractivity contribution in [2.75, 3.05) is 7.11 Å². The minimum Gasteiger partial charge on any atom is -0.497 e. The molecule has 0 amide bonds. The summed E-state index contributed by atoms with van der Waals surface area (Å²) in [6.07, 6.45) is 0. The van der Waals surface area contributed by atoms with Gasteiger partial charge in [-0.15, -0.1) is 11.3 Å². The Hall–Kier alpha value is -1.83. The smallest absolute Gasteiger partial charge is 0.119 e. The Morgan fingerprint density at radius 2 is 2.10 bits per heavy atom. The molecule has 0 aliphatic heterocycles. The molecule has 1 aromatic carbocycles. The second kappa shape index (κ2) is 6.56. The lowest BCUT2D eigenvalue weighted by atomic mass is 10.1. The van der Waals surface area contributed by atoms with Crippen LogP contribution in [0.1, 0.15) is 24.3 Å². The lowest BCUT2D eigenvalue weighted by molar-refractivity contribution is 0.414. The largest absolute Gasteiger partial charge is 0.497 e. The number of nitrogens with zero attached hydrogens (tertiary/aromatic N) is 1. The summed E-state index contributed by atoms with van der Waals surface area (Å²) < 4.78 is 5.30. The molecule has 1 N–H and O–H groups in total. The van der Waals surface area contributed by atoms with Crippen LogP contribution in [-0.2, 0) is 6.54 Å². The topological polar surface area (TPSA) is 45.0 Å². The maximum atomic E-state index is 8.95. The minimum atomic E-state index is 0.423. The molecule has 0 aliphatic carbocycles. The number of thiophene rings is 1. The number of rotatable bonds is 5. The van der Waals surface area contributed by atoms with Crippen molar-refractivity contribution in [1.29, 1.82) is 5.26 Å². The highest BCUT2D eigenvalue weighted by molar-refractivity contribution is 7.16. The predicted octanol–water partition coefficient (Wildman–Crippen LogP) is 3.79. The van der Waals surface area contributed by atoms with E-state index in [-0.39, 0.29) is 0 Å². The molecule has 0 spiro atoms. The lowest BCUT2D eigenvalue weighted by Gasteiger charge is -2.13. The molecule has 2 rings (SSSR count). The highest BCUT2D eigenvalue weighted by Crippen LogP contribution is 2.32. The lowest BCUT2D eigenvalue weighted by Crippen LogP contribution is -2.22. The van der Waals surface area contributed by atoms with Crippen LogP contribution in [0.4, 0.5) is 0 Å². The van der Waals surface area contributed by atoms with Crippen molar-refractivity contribution in [3.05, 3.63) is 40.8 Å². The third-order valence-corrected chi connectivity index (χ3v) is 4.02. The molecule has 0 saturated heterocycles. The average Bonchev–Trinajstić information content (AvgIpc) is 2.93. The second-order valence-electron chi connectivity index (χ2n) is 4.83.